The zero-order valence-corrected chi connectivity index (χ0v) is 14.2. The summed E-state index contributed by atoms with van der Waals surface area (Å²) in [4.78, 5) is 0. The van der Waals surface area contributed by atoms with Gasteiger partial charge in [-0.25, -0.2) is 0 Å². The first-order valence-corrected chi connectivity index (χ1v) is 9.37. The second-order valence-corrected chi connectivity index (χ2v) is 8.13. The highest BCUT2D eigenvalue weighted by atomic mass is 14.9. The summed E-state index contributed by atoms with van der Waals surface area (Å²) in [5.41, 5.74) is 0. The fourth-order valence-electron chi connectivity index (χ4n) is 4.56. The third kappa shape index (κ3) is 5.06. The number of hydrogen-bond donors (Lipinski definition) is 1. The SMILES string of the molecule is CC(C)CNCC1CCCCCC1C1CCC(C)CC1. The standard InChI is InChI=1S/C19H37N/c1-15(2)13-20-14-18-7-5-4-6-8-19(18)17-11-9-16(3)10-12-17/h15-20H,4-14H2,1-3H3. The van der Waals surface area contributed by atoms with Crippen molar-refractivity contribution in [1.82, 2.24) is 5.32 Å². The lowest BCUT2D eigenvalue weighted by molar-refractivity contribution is 0.145. The number of rotatable bonds is 5. The molecular formula is C19H37N. The monoisotopic (exact) mass is 279 g/mol. The molecule has 0 radical (unpaired) electrons. The van der Waals surface area contributed by atoms with Crippen LogP contribution in [0.25, 0.3) is 0 Å². The van der Waals surface area contributed by atoms with Crippen LogP contribution in [0, 0.1) is 29.6 Å². The molecule has 1 N–H and O–H groups in total. The van der Waals surface area contributed by atoms with Crippen LogP contribution in [0.2, 0.25) is 0 Å². The van der Waals surface area contributed by atoms with Gasteiger partial charge >= 0.3 is 0 Å². The molecule has 2 fully saturated rings. The average Bonchev–Trinajstić information content (AvgIpc) is 2.65. The Hall–Kier alpha value is -0.0400. The van der Waals surface area contributed by atoms with Crippen molar-refractivity contribution in [1.29, 1.82) is 0 Å². The van der Waals surface area contributed by atoms with E-state index in [0.717, 1.165) is 29.6 Å². The normalized spacial score (nSPS) is 36.0. The van der Waals surface area contributed by atoms with Crippen LogP contribution in [0.5, 0.6) is 0 Å². The Balaban J connectivity index is 1.87. The van der Waals surface area contributed by atoms with Crippen molar-refractivity contribution >= 4 is 0 Å². The maximum Gasteiger partial charge on any atom is -0.00177 e. The van der Waals surface area contributed by atoms with Gasteiger partial charge in [-0.15, -0.1) is 0 Å². The summed E-state index contributed by atoms with van der Waals surface area (Å²) in [6.07, 6.45) is 13.5. The number of nitrogens with one attached hydrogen (secondary N) is 1. The van der Waals surface area contributed by atoms with E-state index >= 15 is 0 Å². The van der Waals surface area contributed by atoms with Crippen molar-refractivity contribution < 1.29 is 0 Å². The predicted molar refractivity (Wildman–Crippen MR) is 88.9 cm³/mol. The lowest BCUT2D eigenvalue weighted by Gasteiger charge is -2.37. The topological polar surface area (TPSA) is 12.0 Å². The fraction of sp³-hybridized carbons (Fsp3) is 1.00. The fourth-order valence-corrected chi connectivity index (χ4v) is 4.56. The largest absolute Gasteiger partial charge is 0.316 e. The van der Waals surface area contributed by atoms with Gasteiger partial charge in [-0.2, -0.15) is 0 Å². The predicted octanol–water partition coefficient (Wildman–Crippen LogP) is 5.25. The molecule has 2 rings (SSSR count). The molecule has 20 heavy (non-hydrogen) atoms. The Kier molecular flexibility index (Phi) is 6.87. The first-order chi connectivity index (χ1) is 9.66. The average molecular weight is 280 g/mol. The zero-order valence-electron chi connectivity index (χ0n) is 14.2. The number of hydrogen-bond acceptors (Lipinski definition) is 1. The molecule has 0 heterocycles. The molecule has 0 aromatic heterocycles. The van der Waals surface area contributed by atoms with Crippen LogP contribution < -0.4 is 5.32 Å². The van der Waals surface area contributed by atoms with E-state index in [2.05, 4.69) is 26.1 Å². The van der Waals surface area contributed by atoms with Crippen molar-refractivity contribution in [2.75, 3.05) is 13.1 Å². The van der Waals surface area contributed by atoms with E-state index in [1.807, 2.05) is 0 Å². The molecule has 0 aliphatic heterocycles. The van der Waals surface area contributed by atoms with Crippen molar-refractivity contribution in [3.63, 3.8) is 0 Å². The molecule has 0 aromatic carbocycles. The van der Waals surface area contributed by atoms with Gasteiger partial charge in [0.05, 0.1) is 0 Å². The van der Waals surface area contributed by atoms with Gasteiger partial charge in [0, 0.05) is 0 Å². The molecule has 0 bridgehead atoms. The minimum Gasteiger partial charge on any atom is -0.316 e. The second-order valence-electron chi connectivity index (χ2n) is 8.13. The summed E-state index contributed by atoms with van der Waals surface area (Å²) >= 11 is 0. The molecule has 118 valence electrons. The molecule has 2 aliphatic carbocycles. The van der Waals surface area contributed by atoms with Crippen molar-refractivity contribution in [3.8, 4) is 0 Å². The third-order valence-electron chi connectivity index (χ3n) is 5.84. The molecule has 2 saturated carbocycles. The van der Waals surface area contributed by atoms with Gasteiger partial charge in [0.25, 0.3) is 0 Å². The first kappa shape index (κ1) is 16.3. The molecule has 0 saturated heterocycles. The maximum atomic E-state index is 3.76. The highest BCUT2D eigenvalue weighted by Crippen LogP contribution is 2.41. The van der Waals surface area contributed by atoms with Crippen molar-refractivity contribution in [2.45, 2.75) is 78.6 Å². The molecule has 2 aliphatic rings. The summed E-state index contributed by atoms with van der Waals surface area (Å²) in [5.74, 6) is 4.83. The lowest BCUT2D eigenvalue weighted by atomic mass is 9.70. The van der Waals surface area contributed by atoms with Crippen molar-refractivity contribution in [3.05, 3.63) is 0 Å². The van der Waals surface area contributed by atoms with Crippen LogP contribution in [-0.4, -0.2) is 13.1 Å². The highest BCUT2D eigenvalue weighted by molar-refractivity contribution is 4.84. The minimum atomic E-state index is 0.787. The summed E-state index contributed by atoms with van der Waals surface area (Å²) < 4.78 is 0. The van der Waals surface area contributed by atoms with E-state index < -0.39 is 0 Å². The highest BCUT2D eigenvalue weighted by Gasteiger charge is 2.32. The molecule has 2 unspecified atom stereocenters. The Morgan fingerprint density at radius 3 is 2.30 bits per heavy atom. The van der Waals surface area contributed by atoms with Gasteiger partial charge in [0.2, 0.25) is 0 Å². The van der Waals surface area contributed by atoms with E-state index in [1.165, 1.54) is 70.9 Å². The van der Waals surface area contributed by atoms with E-state index in [9.17, 15) is 0 Å². The molecule has 1 nitrogen and oxygen atoms in total. The van der Waals surface area contributed by atoms with Gasteiger partial charge in [-0.3, -0.25) is 0 Å². The Morgan fingerprint density at radius 2 is 1.60 bits per heavy atom. The minimum absolute atomic E-state index is 0.787. The molecule has 2 atom stereocenters. The lowest BCUT2D eigenvalue weighted by Crippen LogP contribution is -2.34. The van der Waals surface area contributed by atoms with Crippen LogP contribution in [0.15, 0.2) is 0 Å². The van der Waals surface area contributed by atoms with E-state index in [-0.39, 0.29) is 0 Å². The van der Waals surface area contributed by atoms with E-state index in [4.69, 9.17) is 0 Å². The van der Waals surface area contributed by atoms with E-state index in [1.54, 1.807) is 0 Å². The van der Waals surface area contributed by atoms with E-state index in [0.29, 0.717) is 0 Å². The molecule has 0 aromatic rings. The smallest absolute Gasteiger partial charge is 0.00177 e. The zero-order chi connectivity index (χ0) is 14.4. The van der Waals surface area contributed by atoms with Crippen LogP contribution in [0.3, 0.4) is 0 Å². The van der Waals surface area contributed by atoms with Gasteiger partial charge in [-0.05, 0) is 68.4 Å². The van der Waals surface area contributed by atoms with Gasteiger partial charge in [0.1, 0.15) is 0 Å². The molecular weight excluding hydrogens is 242 g/mol. The second kappa shape index (κ2) is 8.41. The first-order valence-electron chi connectivity index (χ1n) is 9.37. The Bertz CT molecular complexity index is 252. The maximum absolute atomic E-state index is 3.76. The summed E-state index contributed by atoms with van der Waals surface area (Å²) in [6, 6.07) is 0. The summed E-state index contributed by atoms with van der Waals surface area (Å²) in [6.45, 7) is 9.57. The van der Waals surface area contributed by atoms with Crippen LogP contribution in [-0.2, 0) is 0 Å². The summed E-state index contributed by atoms with van der Waals surface area (Å²) in [7, 11) is 0. The van der Waals surface area contributed by atoms with Crippen LogP contribution >= 0.6 is 0 Å². The Labute approximate surface area is 127 Å². The van der Waals surface area contributed by atoms with Gasteiger partial charge < -0.3 is 5.32 Å². The van der Waals surface area contributed by atoms with Crippen LogP contribution in [0.4, 0.5) is 0 Å². The van der Waals surface area contributed by atoms with Gasteiger partial charge in [0.15, 0.2) is 0 Å². The van der Waals surface area contributed by atoms with Gasteiger partial charge in [-0.1, -0.05) is 52.9 Å². The summed E-state index contributed by atoms with van der Waals surface area (Å²) in [5, 5.41) is 3.76. The Morgan fingerprint density at radius 1 is 0.900 bits per heavy atom. The molecule has 0 amide bonds. The molecule has 1 heteroatoms. The third-order valence-corrected chi connectivity index (χ3v) is 5.84. The van der Waals surface area contributed by atoms with Crippen molar-refractivity contribution in [2.24, 2.45) is 29.6 Å². The molecule has 0 spiro atoms. The van der Waals surface area contributed by atoms with Crippen LogP contribution in [0.1, 0.15) is 78.6 Å². The quantitative estimate of drug-likeness (QED) is 0.677.